The van der Waals surface area contributed by atoms with Gasteiger partial charge in [0.05, 0.1) is 11.9 Å². The van der Waals surface area contributed by atoms with Crippen LogP contribution in [0.2, 0.25) is 5.02 Å². The van der Waals surface area contributed by atoms with E-state index in [1.165, 1.54) is 16.7 Å². The highest BCUT2D eigenvalue weighted by molar-refractivity contribution is 6.30. The van der Waals surface area contributed by atoms with E-state index in [9.17, 15) is 0 Å². The molecule has 0 bridgehead atoms. The van der Waals surface area contributed by atoms with Gasteiger partial charge in [-0.3, -0.25) is 5.43 Å². The Labute approximate surface area is 159 Å². The molecule has 0 radical (unpaired) electrons. The van der Waals surface area contributed by atoms with Crippen molar-refractivity contribution in [2.24, 2.45) is 5.10 Å². The quantitative estimate of drug-likeness (QED) is 0.431. The van der Waals surface area contributed by atoms with Crippen molar-refractivity contribution < 1.29 is 4.74 Å². The topological polar surface area (TPSA) is 33.6 Å². The second kappa shape index (κ2) is 8.54. The van der Waals surface area contributed by atoms with Crippen molar-refractivity contribution in [3.8, 4) is 5.75 Å². The number of halogens is 1. The molecule has 3 aromatic carbocycles. The van der Waals surface area contributed by atoms with Crippen molar-refractivity contribution in [2.75, 3.05) is 5.43 Å². The Kier molecular flexibility index (Phi) is 5.92. The predicted octanol–water partition coefficient (Wildman–Crippen LogP) is 5.98. The Morgan fingerprint density at radius 2 is 1.85 bits per heavy atom. The summed E-state index contributed by atoms with van der Waals surface area (Å²) in [5, 5.41) is 4.92. The third-order valence-corrected chi connectivity index (χ3v) is 4.22. The van der Waals surface area contributed by atoms with E-state index in [0.29, 0.717) is 11.6 Å². The fourth-order valence-corrected chi connectivity index (χ4v) is 2.73. The first-order valence-electron chi connectivity index (χ1n) is 8.44. The lowest BCUT2D eigenvalue weighted by molar-refractivity contribution is 0.305. The van der Waals surface area contributed by atoms with Crippen molar-refractivity contribution in [3.63, 3.8) is 0 Å². The Hall–Kier alpha value is -2.78. The van der Waals surface area contributed by atoms with Gasteiger partial charge in [-0.1, -0.05) is 53.6 Å². The number of aryl methyl sites for hydroxylation is 2. The summed E-state index contributed by atoms with van der Waals surface area (Å²) in [7, 11) is 0. The molecule has 3 nitrogen and oxygen atoms in total. The molecule has 0 aliphatic rings. The van der Waals surface area contributed by atoms with Crippen LogP contribution in [0.15, 0.2) is 71.8 Å². The first kappa shape index (κ1) is 18.0. The molecule has 3 rings (SSSR count). The highest BCUT2D eigenvalue weighted by atomic mass is 35.5. The minimum absolute atomic E-state index is 0.550. The van der Waals surface area contributed by atoms with E-state index in [4.69, 9.17) is 16.3 Å². The zero-order valence-corrected chi connectivity index (χ0v) is 15.6. The van der Waals surface area contributed by atoms with E-state index in [-0.39, 0.29) is 0 Å². The van der Waals surface area contributed by atoms with E-state index < -0.39 is 0 Å². The fraction of sp³-hybridized carbons (Fsp3) is 0.136. The lowest BCUT2D eigenvalue weighted by atomic mass is 10.1. The molecule has 0 heterocycles. The van der Waals surface area contributed by atoms with Crippen LogP contribution in [0.5, 0.6) is 5.75 Å². The Bertz CT molecular complexity index is 922. The molecule has 4 heteroatoms. The van der Waals surface area contributed by atoms with Crippen molar-refractivity contribution in [3.05, 3.63) is 94.0 Å². The maximum Gasteiger partial charge on any atom is 0.120 e. The van der Waals surface area contributed by atoms with Gasteiger partial charge in [0.2, 0.25) is 0 Å². The van der Waals surface area contributed by atoms with Gasteiger partial charge in [-0.2, -0.15) is 5.10 Å². The molecule has 3 aromatic rings. The van der Waals surface area contributed by atoms with Crippen LogP contribution in [0.3, 0.4) is 0 Å². The molecule has 0 aliphatic heterocycles. The predicted molar refractivity (Wildman–Crippen MR) is 109 cm³/mol. The average molecular weight is 365 g/mol. The smallest absolute Gasteiger partial charge is 0.120 e. The number of hydrogen-bond donors (Lipinski definition) is 1. The summed E-state index contributed by atoms with van der Waals surface area (Å²) in [5.74, 6) is 0.817. The van der Waals surface area contributed by atoms with Crippen LogP contribution >= 0.6 is 11.6 Å². The van der Waals surface area contributed by atoms with Gasteiger partial charge < -0.3 is 4.74 Å². The number of nitrogens with one attached hydrogen (secondary N) is 1. The van der Waals surface area contributed by atoms with Gasteiger partial charge in [0.25, 0.3) is 0 Å². The van der Waals surface area contributed by atoms with Crippen LogP contribution < -0.4 is 10.2 Å². The summed E-state index contributed by atoms with van der Waals surface area (Å²) in [4.78, 5) is 0. The molecule has 0 saturated heterocycles. The molecule has 132 valence electrons. The molecule has 26 heavy (non-hydrogen) atoms. The van der Waals surface area contributed by atoms with Crippen molar-refractivity contribution in [2.45, 2.75) is 20.5 Å². The van der Waals surface area contributed by atoms with Gasteiger partial charge in [0, 0.05) is 5.02 Å². The van der Waals surface area contributed by atoms with E-state index >= 15 is 0 Å². The van der Waals surface area contributed by atoms with Gasteiger partial charge >= 0.3 is 0 Å². The molecule has 0 saturated carbocycles. The molecular weight excluding hydrogens is 344 g/mol. The monoisotopic (exact) mass is 364 g/mol. The molecule has 0 spiro atoms. The molecule has 0 aliphatic carbocycles. The number of hydrazone groups is 1. The number of anilines is 1. The molecule has 0 unspecified atom stereocenters. The van der Waals surface area contributed by atoms with Crippen molar-refractivity contribution in [1.82, 2.24) is 0 Å². The van der Waals surface area contributed by atoms with Crippen LogP contribution in [-0.4, -0.2) is 6.21 Å². The van der Waals surface area contributed by atoms with Gasteiger partial charge in [-0.15, -0.1) is 0 Å². The van der Waals surface area contributed by atoms with Crippen LogP contribution in [0, 0.1) is 13.8 Å². The molecule has 0 atom stereocenters. The largest absolute Gasteiger partial charge is 0.489 e. The average Bonchev–Trinajstić information content (AvgIpc) is 2.63. The highest BCUT2D eigenvalue weighted by Gasteiger charge is 2.01. The highest BCUT2D eigenvalue weighted by Crippen LogP contribution is 2.18. The standard InChI is InChI=1S/C22H21ClN2O/c1-16-9-10-17(2)19(11-16)15-26-22-8-3-5-18(12-22)14-24-25-21-7-4-6-20(23)13-21/h3-14,25H,15H2,1-2H3. The summed E-state index contributed by atoms with van der Waals surface area (Å²) in [6.45, 7) is 4.74. The maximum atomic E-state index is 5.96. The zero-order valence-electron chi connectivity index (χ0n) is 14.9. The van der Waals surface area contributed by atoms with E-state index in [1.54, 1.807) is 6.21 Å². The Morgan fingerprint density at radius 3 is 2.69 bits per heavy atom. The fourth-order valence-electron chi connectivity index (χ4n) is 2.54. The summed E-state index contributed by atoms with van der Waals surface area (Å²) >= 11 is 5.96. The van der Waals surface area contributed by atoms with Gasteiger partial charge in [0.1, 0.15) is 12.4 Å². The van der Waals surface area contributed by atoms with Crippen molar-refractivity contribution in [1.29, 1.82) is 0 Å². The number of ether oxygens (including phenoxy) is 1. The molecule has 1 N–H and O–H groups in total. The number of hydrogen-bond acceptors (Lipinski definition) is 3. The van der Waals surface area contributed by atoms with Gasteiger partial charge in [0.15, 0.2) is 0 Å². The molecular formula is C22H21ClN2O. The number of nitrogens with zero attached hydrogens (tertiary/aromatic N) is 1. The van der Waals surface area contributed by atoms with Gasteiger partial charge in [-0.25, -0.2) is 0 Å². The number of benzene rings is 3. The summed E-state index contributed by atoms with van der Waals surface area (Å²) in [5.41, 5.74) is 8.44. The lowest BCUT2D eigenvalue weighted by Gasteiger charge is -2.10. The zero-order chi connectivity index (χ0) is 18.4. The molecule has 0 amide bonds. The SMILES string of the molecule is Cc1ccc(C)c(COc2cccc(C=NNc3cccc(Cl)c3)c2)c1. The maximum absolute atomic E-state index is 5.96. The van der Waals surface area contributed by atoms with Crippen molar-refractivity contribution >= 4 is 23.5 Å². The Morgan fingerprint density at radius 1 is 1.00 bits per heavy atom. The summed E-state index contributed by atoms with van der Waals surface area (Å²) in [6, 6.07) is 21.7. The molecule has 0 fully saturated rings. The van der Waals surface area contributed by atoms with Crippen LogP contribution in [0.25, 0.3) is 0 Å². The lowest BCUT2D eigenvalue weighted by Crippen LogP contribution is -1.99. The second-order valence-corrected chi connectivity index (χ2v) is 6.61. The first-order chi connectivity index (χ1) is 12.6. The minimum Gasteiger partial charge on any atom is -0.489 e. The minimum atomic E-state index is 0.550. The third kappa shape index (κ3) is 5.11. The van der Waals surface area contributed by atoms with E-state index in [0.717, 1.165) is 17.0 Å². The second-order valence-electron chi connectivity index (χ2n) is 6.17. The van der Waals surface area contributed by atoms with E-state index in [1.807, 2.05) is 48.5 Å². The van der Waals surface area contributed by atoms with Gasteiger partial charge in [-0.05, 0) is 60.9 Å². The number of rotatable bonds is 6. The van der Waals surface area contributed by atoms with Crippen LogP contribution in [0.4, 0.5) is 5.69 Å². The summed E-state index contributed by atoms with van der Waals surface area (Å²) < 4.78 is 5.95. The normalized spacial score (nSPS) is 10.9. The molecule has 0 aromatic heterocycles. The first-order valence-corrected chi connectivity index (χ1v) is 8.81. The Balaban J connectivity index is 1.62. The van der Waals surface area contributed by atoms with Crippen LogP contribution in [-0.2, 0) is 6.61 Å². The van der Waals surface area contributed by atoms with E-state index in [2.05, 4.69) is 42.6 Å². The summed E-state index contributed by atoms with van der Waals surface area (Å²) in [6.07, 6.45) is 1.76. The third-order valence-electron chi connectivity index (χ3n) is 3.99. The van der Waals surface area contributed by atoms with Crippen LogP contribution in [0.1, 0.15) is 22.3 Å².